The van der Waals surface area contributed by atoms with Crippen LogP contribution in [0.2, 0.25) is 0 Å². The zero-order valence-electron chi connectivity index (χ0n) is 9.95. The molecule has 0 aromatic heterocycles. The van der Waals surface area contributed by atoms with E-state index in [0.717, 1.165) is 0 Å². The first-order valence-electron chi connectivity index (χ1n) is 5.04. The second-order valence-corrected chi connectivity index (χ2v) is 5.03. The first-order chi connectivity index (χ1) is 6.87. The molecule has 0 heterocycles. The second-order valence-electron chi connectivity index (χ2n) is 4.40. The third-order valence-corrected chi connectivity index (χ3v) is 4.08. The standard InChI is InChI=1S/C10H22N2OS2/c1-8(12(3)4)5-11-9(13)10(2,6-14)7-15/h8,14-15H,5-7H2,1-4H3,(H,11,13). The molecular formula is C10H22N2OS2. The molecule has 5 heteroatoms. The molecule has 0 radical (unpaired) electrons. The van der Waals surface area contributed by atoms with Crippen LogP contribution in [-0.4, -0.2) is 49.0 Å². The molecule has 90 valence electrons. The van der Waals surface area contributed by atoms with E-state index in [2.05, 4.69) is 42.4 Å². The summed E-state index contributed by atoms with van der Waals surface area (Å²) in [5.74, 6) is 1.05. The van der Waals surface area contributed by atoms with Crippen molar-refractivity contribution in [2.45, 2.75) is 19.9 Å². The number of nitrogens with zero attached hydrogens (tertiary/aromatic N) is 1. The van der Waals surface area contributed by atoms with Gasteiger partial charge in [0.05, 0.1) is 5.41 Å². The molecule has 0 aromatic carbocycles. The highest BCUT2D eigenvalue weighted by Gasteiger charge is 2.30. The van der Waals surface area contributed by atoms with Crippen molar-refractivity contribution < 1.29 is 4.79 Å². The van der Waals surface area contributed by atoms with E-state index < -0.39 is 5.41 Å². The van der Waals surface area contributed by atoms with E-state index in [9.17, 15) is 4.79 Å². The molecule has 0 bridgehead atoms. The lowest BCUT2D eigenvalue weighted by Gasteiger charge is -2.26. The lowest BCUT2D eigenvalue weighted by Crippen LogP contribution is -2.46. The molecule has 15 heavy (non-hydrogen) atoms. The first-order valence-corrected chi connectivity index (χ1v) is 6.30. The number of rotatable bonds is 6. The third kappa shape index (κ3) is 4.66. The van der Waals surface area contributed by atoms with Crippen LogP contribution in [0, 0.1) is 5.41 Å². The summed E-state index contributed by atoms with van der Waals surface area (Å²) < 4.78 is 0. The Hall–Kier alpha value is 0.130. The normalized spacial score (nSPS) is 14.1. The maximum absolute atomic E-state index is 11.8. The number of nitrogens with one attached hydrogen (secondary N) is 1. The molecule has 0 aliphatic heterocycles. The molecule has 1 N–H and O–H groups in total. The molecule has 0 saturated carbocycles. The summed E-state index contributed by atoms with van der Waals surface area (Å²) in [6, 6.07) is 0.332. The monoisotopic (exact) mass is 250 g/mol. The zero-order chi connectivity index (χ0) is 12.1. The highest BCUT2D eigenvalue weighted by atomic mass is 32.1. The molecule has 1 atom stereocenters. The first kappa shape index (κ1) is 15.1. The molecule has 0 fully saturated rings. The van der Waals surface area contributed by atoms with Crippen LogP contribution in [0.25, 0.3) is 0 Å². The van der Waals surface area contributed by atoms with Crippen molar-refractivity contribution in [1.82, 2.24) is 10.2 Å². The van der Waals surface area contributed by atoms with Gasteiger partial charge in [-0.15, -0.1) is 0 Å². The second kappa shape index (κ2) is 6.66. The van der Waals surface area contributed by atoms with Gasteiger partial charge in [0.25, 0.3) is 0 Å². The minimum atomic E-state index is -0.474. The molecule has 0 spiro atoms. The molecule has 0 aliphatic rings. The summed E-state index contributed by atoms with van der Waals surface area (Å²) in [4.78, 5) is 13.9. The molecule has 0 saturated heterocycles. The van der Waals surface area contributed by atoms with Crippen molar-refractivity contribution in [2.75, 3.05) is 32.1 Å². The van der Waals surface area contributed by atoms with E-state index in [4.69, 9.17) is 0 Å². The number of hydrogen-bond acceptors (Lipinski definition) is 4. The smallest absolute Gasteiger partial charge is 0.227 e. The molecule has 1 amide bonds. The van der Waals surface area contributed by atoms with Crippen molar-refractivity contribution in [3.63, 3.8) is 0 Å². The van der Waals surface area contributed by atoms with Gasteiger partial charge in [-0.05, 0) is 27.9 Å². The van der Waals surface area contributed by atoms with Crippen molar-refractivity contribution >= 4 is 31.2 Å². The van der Waals surface area contributed by atoms with Gasteiger partial charge in [-0.25, -0.2) is 0 Å². The predicted octanol–water partition coefficient (Wildman–Crippen LogP) is 0.919. The Balaban J connectivity index is 4.14. The highest BCUT2D eigenvalue weighted by Crippen LogP contribution is 2.19. The Morgan fingerprint density at radius 1 is 1.40 bits per heavy atom. The fourth-order valence-corrected chi connectivity index (χ4v) is 1.52. The SMILES string of the molecule is CC(CNC(=O)C(C)(CS)CS)N(C)C. The molecular weight excluding hydrogens is 228 g/mol. The van der Waals surface area contributed by atoms with E-state index in [1.54, 1.807) is 0 Å². The van der Waals surface area contributed by atoms with Crippen LogP contribution in [0.4, 0.5) is 0 Å². The molecule has 3 nitrogen and oxygen atoms in total. The summed E-state index contributed by atoms with van der Waals surface area (Å²) >= 11 is 8.37. The Morgan fingerprint density at radius 3 is 2.20 bits per heavy atom. The van der Waals surface area contributed by atoms with Gasteiger partial charge in [0.2, 0.25) is 5.91 Å². The van der Waals surface area contributed by atoms with E-state index in [-0.39, 0.29) is 5.91 Å². The van der Waals surface area contributed by atoms with Gasteiger partial charge in [-0.3, -0.25) is 4.79 Å². The average Bonchev–Trinajstić information content (AvgIpc) is 2.23. The van der Waals surface area contributed by atoms with Crippen LogP contribution < -0.4 is 5.32 Å². The summed E-state index contributed by atoms with van der Waals surface area (Å²) in [5, 5.41) is 2.93. The molecule has 0 rings (SSSR count). The Labute approximate surface area is 104 Å². The third-order valence-electron chi connectivity index (χ3n) is 2.69. The van der Waals surface area contributed by atoms with Crippen LogP contribution in [-0.2, 0) is 4.79 Å². The van der Waals surface area contributed by atoms with Gasteiger partial charge in [0, 0.05) is 24.1 Å². The quantitative estimate of drug-likeness (QED) is 0.613. The van der Waals surface area contributed by atoms with Gasteiger partial charge < -0.3 is 10.2 Å². The summed E-state index contributed by atoms with van der Waals surface area (Å²) in [6.07, 6.45) is 0. The number of likely N-dealkylation sites (N-methyl/N-ethyl adjacent to an activating group) is 1. The fourth-order valence-electron chi connectivity index (χ4n) is 0.830. The van der Waals surface area contributed by atoms with Crippen LogP contribution in [0.5, 0.6) is 0 Å². The summed E-state index contributed by atoms with van der Waals surface area (Å²) in [5.41, 5.74) is -0.474. The number of hydrogen-bond donors (Lipinski definition) is 3. The summed E-state index contributed by atoms with van der Waals surface area (Å²) in [7, 11) is 3.99. The van der Waals surface area contributed by atoms with Crippen LogP contribution in [0.3, 0.4) is 0 Å². The van der Waals surface area contributed by atoms with Gasteiger partial charge in [0.15, 0.2) is 0 Å². The Bertz CT molecular complexity index is 206. The number of thiol groups is 2. The van der Waals surface area contributed by atoms with Crippen LogP contribution >= 0.6 is 25.3 Å². The van der Waals surface area contributed by atoms with Crippen molar-refractivity contribution in [2.24, 2.45) is 5.41 Å². The Morgan fingerprint density at radius 2 is 1.87 bits per heavy atom. The van der Waals surface area contributed by atoms with Gasteiger partial charge in [-0.2, -0.15) is 25.3 Å². The minimum absolute atomic E-state index is 0.0289. The fraction of sp³-hybridized carbons (Fsp3) is 0.900. The van der Waals surface area contributed by atoms with Crippen LogP contribution in [0.15, 0.2) is 0 Å². The predicted molar refractivity (Wildman–Crippen MR) is 72.0 cm³/mol. The summed E-state index contributed by atoms with van der Waals surface area (Å²) in [6.45, 7) is 4.60. The van der Waals surface area contributed by atoms with Crippen LogP contribution in [0.1, 0.15) is 13.8 Å². The Kier molecular flexibility index (Phi) is 6.71. The average molecular weight is 250 g/mol. The maximum Gasteiger partial charge on any atom is 0.227 e. The van der Waals surface area contributed by atoms with E-state index >= 15 is 0 Å². The minimum Gasteiger partial charge on any atom is -0.354 e. The maximum atomic E-state index is 11.8. The zero-order valence-corrected chi connectivity index (χ0v) is 11.7. The van der Waals surface area contributed by atoms with Crippen molar-refractivity contribution in [3.05, 3.63) is 0 Å². The van der Waals surface area contributed by atoms with Crippen molar-refractivity contribution in [1.29, 1.82) is 0 Å². The lowest BCUT2D eigenvalue weighted by atomic mass is 9.94. The van der Waals surface area contributed by atoms with Gasteiger partial charge in [0.1, 0.15) is 0 Å². The van der Waals surface area contributed by atoms with Crippen molar-refractivity contribution in [3.8, 4) is 0 Å². The lowest BCUT2D eigenvalue weighted by molar-refractivity contribution is -0.128. The van der Waals surface area contributed by atoms with E-state index in [0.29, 0.717) is 24.1 Å². The number of amides is 1. The number of carbonyl (C=O) groups is 1. The largest absolute Gasteiger partial charge is 0.354 e. The highest BCUT2D eigenvalue weighted by molar-refractivity contribution is 7.81. The molecule has 0 aliphatic carbocycles. The number of carbonyl (C=O) groups excluding carboxylic acids is 1. The molecule has 0 aromatic rings. The van der Waals surface area contributed by atoms with Gasteiger partial charge >= 0.3 is 0 Å². The topological polar surface area (TPSA) is 32.3 Å². The molecule has 1 unspecified atom stereocenters. The van der Waals surface area contributed by atoms with Gasteiger partial charge in [-0.1, -0.05) is 0 Å². The van der Waals surface area contributed by atoms with E-state index in [1.807, 2.05) is 21.0 Å². The van der Waals surface area contributed by atoms with E-state index in [1.165, 1.54) is 0 Å².